The molecule has 0 saturated carbocycles. The Hall–Kier alpha value is -4.12. The fourth-order valence-electron chi connectivity index (χ4n) is 6.20. The summed E-state index contributed by atoms with van der Waals surface area (Å²) in [5, 5.41) is 0. The van der Waals surface area contributed by atoms with Crippen molar-refractivity contribution in [3.8, 4) is 22.3 Å². The number of nitrogens with zero attached hydrogens (tertiary/aromatic N) is 1. The smallest absolute Gasteiger partial charge is 0.309 e. The van der Waals surface area contributed by atoms with E-state index in [1.807, 2.05) is 6.92 Å². The van der Waals surface area contributed by atoms with Crippen LogP contribution >= 0.6 is 0 Å². The van der Waals surface area contributed by atoms with Gasteiger partial charge in [-0.15, -0.1) is 0 Å². The van der Waals surface area contributed by atoms with E-state index in [1.54, 1.807) is 7.11 Å². The zero-order valence-electron chi connectivity index (χ0n) is 26.1. The molecular formula is C39H40BNO2. The van der Waals surface area contributed by atoms with Gasteiger partial charge in [0.2, 0.25) is 0 Å². The number of anilines is 3. The lowest BCUT2D eigenvalue weighted by Gasteiger charge is -2.31. The van der Waals surface area contributed by atoms with Crippen LogP contribution in [-0.4, -0.2) is 26.3 Å². The minimum atomic E-state index is -0.386. The van der Waals surface area contributed by atoms with E-state index in [9.17, 15) is 0 Å². The van der Waals surface area contributed by atoms with E-state index in [0.29, 0.717) is 7.48 Å². The van der Waals surface area contributed by atoms with Crippen LogP contribution in [0.5, 0.6) is 0 Å². The Balaban J connectivity index is 1.44. The van der Waals surface area contributed by atoms with Gasteiger partial charge in [0.15, 0.2) is 0 Å². The second kappa shape index (κ2) is 11.5. The first-order chi connectivity index (χ1) is 20.7. The van der Waals surface area contributed by atoms with Gasteiger partial charge in [-0.1, -0.05) is 110 Å². The Kier molecular flexibility index (Phi) is 7.76. The molecule has 216 valence electrons. The summed E-state index contributed by atoms with van der Waals surface area (Å²) >= 11 is 0. The monoisotopic (exact) mass is 565 g/mol. The molecule has 4 heteroatoms. The van der Waals surface area contributed by atoms with E-state index in [4.69, 9.17) is 9.39 Å². The van der Waals surface area contributed by atoms with Crippen molar-refractivity contribution in [2.45, 2.75) is 51.7 Å². The third-order valence-electron chi connectivity index (χ3n) is 9.19. The van der Waals surface area contributed by atoms with Gasteiger partial charge in [0.05, 0.1) is 17.4 Å². The third kappa shape index (κ3) is 5.42. The SMILES string of the molecule is COC(C)C(C)(C)OBc1ccc(N(c2ccc3c(c2)C(C)(C)c2ccccc2-3)c2ccccc2-c2ccccc2)cc1. The van der Waals surface area contributed by atoms with Crippen molar-refractivity contribution >= 4 is 30.0 Å². The van der Waals surface area contributed by atoms with Crippen molar-refractivity contribution < 1.29 is 9.39 Å². The normalized spacial score (nSPS) is 14.1. The van der Waals surface area contributed by atoms with E-state index in [2.05, 4.69) is 154 Å². The molecule has 0 aromatic heterocycles. The second-order valence-electron chi connectivity index (χ2n) is 12.6. The van der Waals surface area contributed by atoms with Gasteiger partial charge >= 0.3 is 7.48 Å². The molecular weight excluding hydrogens is 525 g/mol. The Morgan fingerprint density at radius 1 is 0.674 bits per heavy atom. The predicted octanol–water partition coefficient (Wildman–Crippen LogP) is 8.94. The molecule has 1 unspecified atom stereocenters. The molecule has 5 aromatic carbocycles. The predicted molar refractivity (Wildman–Crippen MR) is 183 cm³/mol. The van der Waals surface area contributed by atoms with Gasteiger partial charge in [0.25, 0.3) is 0 Å². The lowest BCUT2D eigenvalue weighted by atomic mass is 9.82. The number of methoxy groups -OCH3 is 1. The topological polar surface area (TPSA) is 21.7 Å². The first-order valence-corrected chi connectivity index (χ1v) is 15.2. The van der Waals surface area contributed by atoms with Crippen LogP contribution in [-0.2, 0) is 14.8 Å². The summed E-state index contributed by atoms with van der Waals surface area (Å²) in [6, 6.07) is 43.9. The molecule has 0 bridgehead atoms. The van der Waals surface area contributed by atoms with Crippen LogP contribution in [0.3, 0.4) is 0 Å². The maximum Gasteiger partial charge on any atom is 0.309 e. The molecule has 0 heterocycles. The summed E-state index contributed by atoms with van der Waals surface area (Å²) in [6.07, 6.45) is -0.00745. The molecule has 6 rings (SSSR count). The Morgan fingerprint density at radius 3 is 2.00 bits per heavy atom. The number of benzene rings is 5. The van der Waals surface area contributed by atoms with Crippen LogP contribution in [0.1, 0.15) is 45.7 Å². The standard InChI is InChI=1S/C39H40BNO2/c1-27(42-6)39(4,5)43-40-29-20-22-30(23-21-29)41(37-19-13-11-16-32(37)28-14-8-7-9-15-28)31-24-25-34-33-17-10-12-18-35(33)38(2,3)36(34)26-31/h7-27,40H,1-6H3. The molecule has 0 aliphatic heterocycles. The minimum absolute atomic E-state index is 0.00745. The molecule has 0 radical (unpaired) electrons. The van der Waals surface area contributed by atoms with Gasteiger partial charge in [0.1, 0.15) is 0 Å². The lowest BCUT2D eigenvalue weighted by molar-refractivity contribution is -0.0402. The van der Waals surface area contributed by atoms with Gasteiger partial charge < -0.3 is 14.3 Å². The number of fused-ring (bicyclic) bond motifs is 3. The summed E-state index contributed by atoms with van der Waals surface area (Å²) in [6.45, 7) is 10.9. The number of rotatable bonds is 9. The second-order valence-corrected chi connectivity index (χ2v) is 12.6. The van der Waals surface area contributed by atoms with Crippen LogP contribution in [0.15, 0.2) is 121 Å². The highest BCUT2D eigenvalue weighted by atomic mass is 16.5. The van der Waals surface area contributed by atoms with Crippen LogP contribution < -0.4 is 10.4 Å². The maximum absolute atomic E-state index is 6.28. The average molecular weight is 566 g/mol. The van der Waals surface area contributed by atoms with Crippen molar-refractivity contribution in [3.63, 3.8) is 0 Å². The molecule has 1 aliphatic carbocycles. The fraction of sp³-hybridized carbons (Fsp3) is 0.231. The average Bonchev–Trinajstić information content (AvgIpc) is 3.27. The van der Waals surface area contributed by atoms with Crippen molar-refractivity contribution in [1.82, 2.24) is 0 Å². The Morgan fingerprint density at radius 2 is 1.28 bits per heavy atom. The molecule has 3 nitrogen and oxygen atoms in total. The third-order valence-corrected chi connectivity index (χ3v) is 9.19. The van der Waals surface area contributed by atoms with Crippen LogP contribution in [0.25, 0.3) is 22.3 Å². The molecule has 0 spiro atoms. The zero-order chi connectivity index (χ0) is 30.2. The number of ether oxygens (including phenoxy) is 1. The van der Waals surface area contributed by atoms with Crippen molar-refractivity contribution in [2.24, 2.45) is 0 Å². The molecule has 0 fully saturated rings. The quantitative estimate of drug-likeness (QED) is 0.167. The summed E-state index contributed by atoms with van der Waals surface area (Å²) in [4.78, 5) is 2.39. The van der Waals surface area contributed by atoms with E-state index in [0.717, 1.165) is 22.5 Å². The van der Waals surface area contributed by atoms with E-state index >= 15 is 0 Å². The van der Waals surface area contributed by atoms with Crippen molar-refractivity contribution in [3.05, 3.63) is 132 Å². The van der Waals surface area contributed by atoms with Crippen molar-refractivity contribution in [1.29, 1.82) is 0 Å². The number of para-hydroxylation sites is 1. The Bertz CT molecular complexity index is 1730. The fourth-order valence-corrected chi connectivity index (χ4v) is 6.20. The van der Waals surface area contributed by atoms with Gasteiger partial charge in [-0.25, -0.2) is 0 Å². The molecule has 1 aliphatic rings. The first kappa shape index (κ1) is 29.0. The molecule has 0 N–H and O–H groups in total. The van der Waals surface area contributed by atoms with E-state index in [-0.39, 0.29) is 17.1 Å². The number of hydrogen-bond acceptors (Lipinski definition) is 3. The van der Waals surface area contributed by atoms with Gasteiger partial charge in [-0.05, 0) is 78.9 Å². The lowest BCUT2D eigenvalue weighted by Crippen LogP contribution is -2.41. The van der Waals surface area contributed by atoms with Gasteiger partial charge in [0, 0.05) is 29.5 Å². The summed E-state index contributed by atoms with van der Waals surface area (Å²) in [5.74, 6) is 0. The highest BCUT2D eigenvalue weighted by Gasteiger charge is 2.36. The largest absolute Gasteiger partial charge is 0.427 e. The zero-order valence-corrected chi connectivity index (χ0v) is 26.1. The highest BCUT2D eigenvalue weighted by Crippen LogP contribution is 2.51. The number of hydrogen-bond donors (Lipinski definition) is 0. The van der Waals surface area contributed by atoms with Crippen LogP contribution in [0.2, 0.25) is 0 Å². The summed E-state index contributed by atoms with van der Waals surface area (Å²) < 4.78 is 11.8. The maximum atomic E-state index is 6.28. The molecule has 1 atom stereocenters. The van der Waals surface area contributed by atoms with Crippen LogP contribution in [0, 0.1) is 0 Å². The van der Waals surface area contributed by atoms with E-state index in [1.165, 1.54) is 33.4 Å². The van der Waals surface area contributed by atoms with Gasteiger partial charge in [-0.3, -0.25) is 0 Å². The molecule has 5 aromatic rings. The molecule has 0 saturated heterocycles. The Labute approximate surface area is 257 Å². The molecule has 0 amide bonds. The minimum Gasteiger partial charge on any atom is -0.427 e. The summed E-state index contributed by atoms with van der Waals surface area (Å²) in [7, 11) is 2.25. The van der Waals surface area contributed by atoms with E-state index < -0.39 is 0 Å². The van der Waals surface area contributed by atoms with Crippen LogP contribution in [0.4, 0.5) is 17.1 Å². The van der Waals surface area contributed by atoms with Crippen molar-refractivity contribution in [2.75, 3.05) is 12.0 Å². The van der Waals surface area contributed by atoms with Gasteiger partial charge in [-0.2, -0.15) is 0 Å². The summed E-state index contributed by atoms with van der Waals surface area (Å²) in [5.41, 5.74) is 11.8. The molecule has 43 heavy (non-hydrogen) atoms. The highest BCUT2D eigenvalue weighted by molar-refractivity contribution is 6.47. The first-order valence-electron chi connectivity index (χ1n) is 15.2.